The van der Waals surface area contributed by atoms with Gasteiger partial charge in [-0.3, -0.25) is 18.9 Å². The summed E-state index contributed by atoms with van der Waals surface area (Å²) in [5, 5.41) is 4.98. The summed E-state index contributed by atoms with van der Waals surface area (Å²) in [6, 6.07) is 9.85. The minimum atomic E-state index is -3.46. The number of hydrogen-bond donors (Lipinski definition) is 2. The van der Waals surface area contributed by atoms with Crippen LogP contribution in [0.15, 0.2) is 42.6 Å². The van der Waals surface area contributed by atoms with Crippen molar-refractivity contribution in [1.82, 2.24) is 10.3 Å². The highest BCUT2D eigenvalue weighted by molar-refractivity contribution is 7.92. The van der Waals surface area contributed by atoms with Gasteiger partial charge in [-0.1, -0.05) is 6.07 Å². The van der Waals surface area contributed by atoms with Crippen LogP contribution in [-0.4, -0.2) is 44.6 Å². The minimum Gasteiger partial charge on any atom is -0.495 e. The molecule has 9 nitrogen and oxygen atoms in total. The zero-order valence-corrected chi connectivity index (χ0v) is 16.7. The van der Waals surface area contributed by atoms with E-state index in [1.807, 2.05) is 0 Å². The normalized spacial score (nSPS) is 15.4. The number of carbonyl (C=O) groups is 2. The molecular weight excluding hydrogens is 396 g/mol. The van der Waals surface area contributed by atoms with Crippen LogP contribution in [-0.2, 0) is 26.2 Å². The van der Waals surface area contributed by atoms with Gasteiger partial charge in [0.25, 0.3) is 0 Å². The molecule has 2 amide bonds. The number of sulfonamides is 1. The quantitative estimate of drug-likeness (QED) is 0.706. The van der Waals surface area contributed by atoms with Crippen LogP contribution in [0.5, 0.6) is 5.75 Å². The Morgan fingerprint density at radius 1 is 1.17 bits per heavy atom. The molecule has 1 aliphatic rings. The maximum atomic E-state index is 12.4. The molecule has 1 aromatic carbocycles. The van der Waals surface area contributed by atoms with E-state index >= 15 is 0 Å². The van der Waals surface area contributed by atoms with Gasteiger partial charge in [-0.15, -0.1) is 0 Å². The van der Waals surface area contributed by atoms with Crippen LogP contribution in [0.25, 0.3) is 0 Å². The number of methoxy groups -OCH3 is 1. The highest BCUT2D eigenvalue weighted by Gasteiger charge is 2.28. The van der Waals surface area contributed by atoms with Crippen molar-refractivity contribution < 1.29 is 22.7 Å². The molecule has 2 heterocycles. The molecule has 10 heteroatoms. The molecule has 0 aliphatic carbocycles. The first-order chi connectivity index (χ1) is 13.9. The number of pyridine rings is 1. The number of benzene rings is 1. The fraction of sp³-hybridized carbons (Fsp3) is 0.316. The number of nitrogens with zero attached hydrogens (tertiary/aromatic N) is 2. The van der Waals surface area contributed by atoms with E-state index in [4.69, 9.17) is 4.74 Å². The molecule has 1 saturated heterocycles. The minimum absolute atomic E-state index is 0.0582. The molecule has 0 bridgehead atoms. The molecule has 29 heavy (non-hydrogen) atoms. The second-order valence-corrected chi connectivity index (χ2v) is 8.45. The summed E-state index contributed by atoms with van der Waals surface area (Å²) in [6.07, 6.45) is 2.93. The maximum Gasteiger partial charge on any atom is 0.313 e. The third-order valence-electron chi connectivity index (χ3n) is 4.42. The second-order valence-electron chi connectivity index (χ2n) is 6.44. The number of rotatable bonds is 5. The van der Waals surface area contributed by atoms with Gasteiger partial charge >= 0.3 is 11.8 Å². The van der Waals surface area contributed by atoms with Gasteiger partial charge in [0, 0.05) is 18.4 Å². The Kier molecular flexibility index (Phi) is 6.32. The lowest BCUT2D eigenvalue weighted by molar-refractivity contribution is -0.136. The van der Waals surface area contributed by atoms with E-state index < -0.39 is 21.8 Å². The first-order valence-corrected chi connectivity index (χ1v) is 10.7. The Morgan fingerprint density at radius 2 is 2.00 bits per heavy atom. The molecule has 0 spiro atoms. The summed E-state index contributed by atoms with van der Waals surface area (Å²) in [4.78, 5) is 28.3. The Balaban J connectivity index is 1.72. The average molecular weight is 418 g/mol. The molecular formula is C19H22N4O5S. The predicted molar refractivity (Wildman–Crippen MR) is 108 cm³/mol. The van der Waals surface area contributed by atoms with Gasteiger partial charge < -0.3 is 15.4 Å². The van der Waals surface area contributed by atoms with Gasteiger partial charge in [0.05, 0.1) is 30.8 Å². The number of amides is 2. The summed E-state index contributed by atoms with van der Waals surface area (Å²) in [7, 11) is -2.01. The summed E-state index contributed by atoms with van der Waals surface area (Å²) in [6.45, 7) is 0.452. The number of anilines is 2. The van der Waals surface area contributed by atoms with Crippen molar-refractivity contribution in [2.45, 2.75) is 19.4 Å². The summed E-state index contributed by atoms with van der Waals surface area (Å²) in [5.74, 6) is -1.26. The van der Waals surface area contributed by atoms with Crippen LogP contribution in [0.2, 0.25) is 0 Å². The average Bonchev–Trinajstić information content (AvgIpc) is 2.72. The SMILES string of the molecule is COc1ccc(NC(=O)C(=O)NCc2ccccn2)cc1N1CCCCS1(=O)=O. The van der Waals surface area contributed by atoms with E-state index in [0.717, 1.165) is 6.42 Å². The molecule has 0 unspecified atom stereocenters. The molecule has 3 rings (SSSR count). The molecule has 1 aliphatic heterocycles. The van der Waals surface area contributed by atoms with E-state index in [2.05, 4.69) is 15.6 Å². The number of carbonyl (C=O) groups excluding carboxylic acids is 2. The van der Waals surface area contributed by atoms with Gasteiger partial charge in [-0.2, -0.15) is 0 Å². The van der Waals surface area contributed by atoms with E-state index in [-0.39, 0.29) is 12.3 Å². The lowest BCUT2D eigenvalue weighted by Crippen LogP contribution is -2.38. The highest BCUT2D eigenvalue weighted by atomic mass is 32.2. The smallest absolute Gasteiger partial charge is 0.313 e. The molecule has 2 N–H and O–H groups in total. The van der Waals surface area contributed by atoms with Crippen molar-refractivity contribution in [3.63, 3.8) is 0 Å². The van der Waals surface area contributed by atoms with Crippen molar-refractivity contribution in [2.75, 3.05) is 29.0 Å². The summed E-state index contributed by atoms with van der Waals surface area (Å²) < 4.78 is 31.4. The van der Waals surface area contributed by atoms with Gasteiger partial charge in [-0.05, 0) is 43.2 Å². The third kappa shape index (κ3) is 5.02. The lowest BCUT2D eigenvalue weighted by atomic mass is 10.2. The number of nitrogens with one attached hydrogen (secondary N) is 2. The van der Waals surface area contributed by atoms with Crippen molar-refractivity contribution in [1.29, 1.82) is 0 Å². The number of hydrogen-bond acceptors (Lipinski definition) is 6. The molecule has 1 aromatic heterocycles. The zero-order chi connectivity index (χ0) is 20.9. The molecule has 154 valence electrons. The fourth-order valence-electron chi connectivity index (χ4n) is 2.96. The van der Waals surface area contributed by atoms with Crippen LogP contribution in [0, 0.1) is 0 Å². The molecule has 0 radical (unpaired) electrons. The first kappa shape index (κ1) is 20.6. The number of ether oxygens (including phenoxy) is 1. The third-order valence-corrected chi connectivity index (χ3v) is 6.27. The Labute approximate surface area is 169 Å². The van der Waals surface area contributed by atoms with Crippen LogP contribution in [0.4, 0.5) is 11.4 Å². The van der Waals surface area contributed by atoms with Gasteiger partial charge in [0.15, 0.2) is 0 Å². The van der Waals surface area contributed by atoms with Crippen LogP contribution in [0.1, 0.15) is 18.5 Å². The maximum absolute atomic E-state index is 12.4. The van der Waals surface area contributed by atoms with Crippen molar-refractivity contribution >= 4 is 33.2 Å². The highest BCUT2D eigenvalue weighted by Crippen LogP contribution is 2.35. The standard InChI is InChI=1S/C19H22N4O5S/c1-28-17-8-7-14(12-16(17)23-10-4-5-11-29(23,26)27)22-19(25)18(24)21-13-15-6-2-3-9-20-15/h2-3,6-9,12H,4-5,10-11,13H2,1H3,(H,21,24)(H,22,25). The predicted octanol–water partition coefficient (Wildman–Crippen LogP) is 1.28. The van der Waals surface area contributed by atoms with E-state index in [0.29, 0.717) is 35.8 Å². The summed E-state index contributed by atoms with van der Waals surface area (Å²) in [5.41, 5.74) is 1.24. The Hall–Kier alpha value is -3.14. The monoisotopic (exact) mass is 418 g/mol. The van der Waals surface area contributed by atoms with Crippen LogP contribution in [0.3, 0.4) is 0 Å². The van der Waals surface area contributed by atoms with Crippen molar-refractivity contribution in [3.8, 4) is 5.75 Å². The molecule has 1 fully saturated rings. The largest absolute Gasteiger partial charge is 0.495 e. The van der Waals surface area contributed by atoms with Crippen LogP contribution >= 0.6 is 0 Å². The molecule has 0 saturated carbocycles. The molecule has 2 aromatic rings. The fourth-order valence-corrected chi connectivity index (χ4v) is 4.60. The first-order valence-electron chi connectivity index (χ1n) is 9.08. The topological polar surface area (TPSA) is 118 Å². The van der Waals surface area contributed by atoms with Gasteiger partial charge in [0.2, 0.25) is 10.0 Å². The number of aromatic nitrogens is 1. The Morgan fingerprint density at radius 3 is 2.69 bits per heavy atom. The van der Waals surface area contributed by atoms with E-state index in [9.17, 15) is 18.0 Å². The van der Waals surface area contributed by atoms with E-state index in [1.54, 1.807) is 36.5 Å². The van der Waals surface area contributed by atoms with Gasteiger partial charge in [0.1, 0.15) is 5.75 Å². The zero-order valence-electron chi connectivity index (χ0n) is 15.9. The van der Waals surface area contributed by atoms with Crippen LogP contribution < -0.4 is 19.7 Å². The van der Waals surface area contributed by atoms with Gasteiger partial charge in [-0.25, -0.2) is 8.42 Å². The van der Waals surface area contributed by atoms with E-state index in [1.165, 1.54) is 17.5 Å². The van der Waals surface area contributed by atoms with Crippen molar-refractivity contribution in [2.24, 2.45) is 0 Å². The lowest BCUT2D eigenvalue weighted by Gasteiger charge is -2.29. The second kappa shape index (κ2) is 8.91. The van der Waals surface area contributed by atoms with Crippen molar-refractivity contribution in [3.05, 3.63) is 48.3 Å². The summed E-state index contributed by atoms with van der Waals surface area (Å²) >= 11 is 0. The Bertz CT molecular complexity index is 995. The molecule has 0 atom stereocenters.